The smallest absolute Gasteiger partial charge is 0.338 e. The number of nitrogens with zero attached hydrogens (tertiary/aromatic N) is 2. The van der Waals surface area contributed by atoms with Crippen LogP contribution in [0.25, 0.3) is 22.2 Å². The fraction of sp³-hybridized carbons (Fsp3) is 0.200. The molecule has 0 saturated heterocycles. The minimum atomic E-state index is -1.12. The zero-order valence-corrected chi connectivity index (χ0v) is 15.4. The van der Waals surface area contributed by atoms with Crippen molar-refractivity contribution in [3.05, 3.63) is 58.4 Å². The minimum Gasteiger partial charge on any atom is -0.480 e. The number of aryl methyl sites for hydroxylation is 1. The first-order chi connectivity index (χ1) is 13.3. The van der Waals surface area contributed by atoms with Gasteiger partial charge in [0.25, 0.3) is 0 Å². The molecule has 0 spiro atoms. The number of carbonyl (C=O) groups is 2. The van der Waals surface area contributed by atoms with E-state index in [0.29, 0.717) is 11.2 Å². The second-order valence-electron chi connectivity index (χ2n) is 6.34. The highest BCUT2D eigenvalue weighted by Crippen LogP contribution is 2.29. The maximum atomic E-state index is 12.1. The van der Waals surface area contributed by atoms with Gasteiger partial charge in [-0.15, -0.1) is 0 Å². The summed E-state index contributed by atoms with van der Waals surface area (Å²) in [6.07, 6.45) is 0. The molecule has 8 heteroatoms. The molecule has 0 fully saturated rings. The Kier molecular flexibility index (Phi) is 5.39. The van der Waals surface area contributed by atoms with Gasteiger partial charge in [-0.3, -0.25) is 9.59 Å². The fourth-order valence-corrected chi connectivity index (χ4v) is 2.87. The van der Waals surface area contributed by atoms with Crippen LogP contribution in [0, 0.1) is 6.92 Å². The standard InChI is InChI=1S/C20H19N3O5/c1-12-5-3-4-6-13(12)15-9-19(27)28-20-14(15)7-8-16(22-20)23(2)11-17(24)21-10-18(25)26/h3-9H,10-11H2,1-2H3,(H,21,24)(H,25,26). The molecule has 1 amide bonds. The van der Waals surface area contributed by atoms with Crippen molar-refractivity contribution in [2.45, 2.75) is 6.92 Å². The number of aromatic nitrogens is 1. The number of likely N-dealkylation sites (N-methyl/N-ethyl adjacent to an activating group) is 1. The Morgan fingerprint density at radius 1 is 1.18 bits per heavy atom. The molecule has 0 saturated carbocycles. The van der Waals surface area contributed by atoms with Crippen LogP contribution in [-0.4, -0.2) is 42.1 Å². The third kappa shape index (κ3) is 4.17. The van der Waals surface area contributed by atoms with Gasteiger partial charge in [0, 0.05) is 24.1 Å². The van der Waals surface area contributed by atoms with Gasteiger partial charge in [-0.05, 0) is 30.2 Å². The van der Waals surface area contributed by atoms with Gasteiger partial charge in [-0.1, -0.05) is 24.3 Å². The number of carbonyl (C=O) groups excluding carboxylic acids is 1. The number of hydrogen-bond donors (Lipinski definition) is 2. The van der Waals surface area contributed by atoms with Crippen molar-refractivity contribution in [3.63, 3.8) is 0 Å². The van der Waals surface area contributed by atoms with Crippen molar-refractivity contribution in [1.29, 1.82) is 0 Å². The second-order valence-corrected chi connectivity index (χ2v) is 6.34. The molecule has 2 heterocycles. The average molecular weight is 381 g/mol. The molecule has 0 bridgehead atoms. The maximum absolute atomic E-state index is 12.1. The number of carboxylic acids is 1. The molecular formula is C20H19N3O5. The highest BCUT2D eigenvalue weighted by atomic mass is 16.4. The van der Waals surface area contributed by atoms with Gasteiger partial charge < -0.3 is 19.7 Å². The zero-order chi connectivity index (χ0) is 20.3. The molecule has 8 nitrogen and oxygen atoms in total. The number of amides is 1. The van der Waals surface area contributed by atoms with Crippen molar-refractivity contribution in [2.24, 2.45) is 0 Å². The molecule has 1 aromatic carbocycles. The average Bonchev–Trinajstić information content (AvgIpc) is 2.65. The van der Waals surface area contributed by atoms with Crippen LogP contribution in [0.5, 0.6) is 0 Å². The monoisotopic (exact) mass is 381 g/mol. The molecule has 3 aromatic rings. The Labute approximate surface area is 160 Å². The van der Waals surface area contributed by atoms with Crippen molar-refractivity contribution in [1.82, 2.24) is 10.3 Å². The van der Waals surface area contributed by atoms with Crippen LogP contribution in [-0.2, 0) is 9.59 Å². The van der Waals surface area contributed by atoms with Gasteiger partial charge in [-0.2, -0.15) is 4.98 Å². The molecule has 2 N–H and O–H groups in total. The first kappa shape index (κ1) is 19.1. The topological polar surface area (TPSA) is 113 Å². The van der Waals surface area contributed by atoms with Crippen molar-refractivity contribution in [3.8, 4) is 11.1 Å². The second kappa shape index (κ2) is 7.91. The predicted octanol–water partition coefficient (Wildman–Crippen LogP) is 1.80. The van der Waals surface area contributed by atoms with Gasteiger partial charge in [0.2, 0.25) is 11.6 Å². The van der Waals surface area contributed by atoms with Crippen LogP contribution in [0.2, 0.25) is 0 Å². The molecule has 2 aromatic heterocycles. The Morgan fingerprint density at radius 3 is 2.64 bits per heavy atom. The van der Waals surface area contributed by atoms with Crippen LogP contribution in [0.3, 0.4) is 0 Å². The van der Waals surface area contributed by atoms with Gasteiger partial charge in [0.05, 0.1) is 6.54 Å². The number of benzene rings is 1. The van der Waals surface area contributed by atoms with E-state index in [2.05, 4.69) is 10.3 Å². The third-order valence-corrected chi connectivity index (χ3v) is 4.24. The lowest BCUT2D eigenvalue weighted by Crippen LogP contribution is -2.38. The van der Waals surface area contributed by atoms with Crippen molar-refractivity contribution < 1.29 is 19.1 Å². The molecule has 0 unspecified atom stereocenters. The normalized spacial score (nSPS) is 10.6. The molecule has 0 radical (unpaired) electrons. The number of pyridine rings is 1. The van der Waals surface area contributed by atoms with E-state index in [1.165, 1.54) is 11.0 Å². The lowest BCUT2D eigenvalue weighted by molar-refractivity contribution is -0.137. The number of anilines is 1. The molecule has 0 aliphatic rings. The largest absolute Gasteiger partial charge is 0.480 e. The van der Waals surface area contributed by atoms with Crippen LogP contribution in [0.1, 0.15) is 5.56 Å². The lowest BCUT2D eigenvalue weighted by atomic mass is 9.99. The maximum Gasteiger partial charge on any atom is 0.338 e. The van der Waals surface area contributed by atoms with Gasteiger partial charge in [-0.25, -0.2) is 4.79 Å². The van der Waals surface area contributed by atoms with E-state index in [9.17, 15) is 14.4 Å². The summed E-state index contributed by atoms with van der Waals surface area (Å²) in [4.78, 5) is 40.3. The number of fused-ring (bicyclic) bond motifs is 1. The molecule has 0 aliphatic carbocycles. The molecule has 0 aliphatic heterocycles. The lowest BCUT2D eigenvalue weighted by Gasteiger charge is -2.18. The number of hydrogen-bond acceptors (Lipinski definition) is 6. The highest BCUT2D eigenvalue weighted by Gasteiger charge is 2.14. The zero-order valence-electron chi connectivity index (χ0n) is 15.4. The van der Waals surface area contributed by atoms with E-state index < -0.39 is 24.0 Å². The number of nitrogens with one attached hydrogen (secondary N) is 1. The van der Waals surface area contributed by atoms with Gasteiger partial charge in [0.1, 0.15) is 12.4 Å². The van der Waals surface area contributed by atoms with Crippen LogP contribution >= 0.6 is 0 Å². The Bertz CT molecular complexity index is 1110. The van der Waals surface area contributed by atoms with E-state index in [1.54, 1.807) is 19.2 Å². The summed E-state index contributed by atoms with van der Waals surface area (Å²) in [6.45, 7) is 1.42. The summed E-state index contributed by atoms with van der Waals surface area (Å²) in [5.41, 5.74) is 2.31. The summed E-state index contributed by atoms with van der Waals surface area (Å²) in [6, 6.07) is 12.6. The Hall–Kier alpha value is -3.68. The molecule has 28 heavy (non-hydrogen) atoms. The molecule has 144 valence electrons. The highest BCUT2D eigenvalue weighted by molar-refractivity contribution is 5.93. The van der Waals surface area contributed by atoms with E-state index in [4.69, 9.17) is 9.52 Å². The van der Waals surface area contributed by atoms with Crippen LogP contribution in [0.15, 0.2) is 51.7 Å². The molecule has 0 atom stereocenters. The molecular weight excluding hydrogens is 362 g/mol. The number of aliphatic carboxylic acids is 1. The van der Waals surface area contributed by atoms with Crippen LogP contribution in [0.4, 0.5) is 5.82 Å². The fourth-order valence-electron chi connectivity index (χ4n) is 2.87. The predicted molar refractivity (Wildman–Crippen MR) is 104 cm³/mol. The number of carboxylic acid groups (broad SMARTS) is 1. The third-order valence-electron chi connectivity index (χ3n) is 4.24. The van der Waals surface area contributed by atoms with Crippen molar-refractivity contribution >= 4 is 28.8 Å². The van der Waals surface area contributed by atoms with Gasteiger partial charge >= 0.3 is 11.6 Å². The Balaban J connectivity index is 1.94. The summed E-state index contributed by atoms with van der Waals surface area (Å²) >= 11 is 0. The first-order valence-electron chi connectivity index (χ1n) is 8.55. The Morgan fingerprint density at radius 2 is 1.93 bits per heavy atom. The van der Waals surface area contributed by atoms with Gasteiger partial charge in [0.15, 0.2) is 0 Å². The number of rotatable bonds is 6. The van der Waals surface area contributed by atoms with E-state index in [-0.39, 0.29) is 12.3 Å². The summed E-state index contributed by atoms with van der Waals surface area (Å²) in [5.74, 6) is -1.16. The van der Waals surface area contributed by atoms with Crippen LogP contribution < -0.4 is 15.8 Å². The molecule has 3 rings (SSSR count). The SMILES string of the molecule is Cc1ccccc1-c1cc(=O)oc2nc(N(C)CC(=O)NCC(=O)O)ccc12. The quantitative estimate of drug-likeness (QED) is 0.669. The minimum absolute atomic E-state index is 0.0898. The summed E-state index contributed by atoms with van der Waals surface area (Å²) in [7, 11) is 1.64. The summed E-state index contributed by atoms with van der Waals surface area (Å²) < 4.78 is 5.27. The first-order valence-corrected chi connectivity index (χ1v) is 8.55. The van der Waals surface area contributed by atoms with Crippen molar-refractivity contribution in [2.75, 3.05) is 25.0 Å². The van der Waals surface area contributed by atoms with E-state index >= 15 is 0 Å². The van der Waals surface area contributed by atoms with E-state index in [0.717, 1.165) is 16.7 Å². The van der Waals surface area contributed by atoms with E-state index in [1.807, 2.05) is 31.2 Å². The summed E-state index contributed by atoms with van der Waals surface area (Å²) in [5, 5.41) is 11.6.